The number of nitrogens with zero attached hydrogens (tertiary/aromatic N) is 1. The van der Waals surface area contributed by atoms with Gasteiger partial charge < -0.3 is 5.11 Å². The lowest BCUT2D eigenvalue weighted by atomic mass is 10.2. The zero-order valence-corrected chi connectivity index (χ0v) is 10.9. The molecule has 1 aromatic carbocycles. The van der Waals surface area contributed by atoms with E-state index in [9.17, 15) is 22.4 Å². The number of aromatic carboxylic acids is 1. The summed E-state index contributed by atoms with van der Waals surface area (Å²) in [5, 5.41) is 8.19. The van der Waals surface area contributed by atoms with Gasteiger partial charge in [0.15, 0.2) is 5.69 Å². The van der Waals surface area contributed by atoms with Gasteiger partial charge in [0.05, 0.1) is 10.6 Å². The third-order valence-electron chi connectivity index (χ3n) is 2.27. The molecular formula is C11H4ClF4NO2S. The van der Waals surface area contributed by atoms with E-state index in [1.165, 1.54) is 12.1 Å². The second-order valence-electron chi connectivity index (χ2n) is 3.60. The Kier molecular flexibility index (Phi) is 3.70. The SMILES string of the molecule is O=C(O)c1sc(-c2c(F)cccc2Cl)nc1C(F)(F)F. The summed E-state index contributed by atoms with van der Waals surface area (Å²) in [5.74, 6) is -2.66. The molecule has 2 aromatic rings. The largest absolute Gasteiger partial charge is 0.477 e. The van der Waals surface area contributed by atoms with Gasteiger partial charge >= 0.3 is 12.1 Å². The van der Waals surface area contributed by atoms with E-state index in [2.05, 4.69) is 4.98 Å². The Labute approximate surface area is 118 Å². The molecule has 3 nitrogen and oxygen atoms in total. The van der Waals surface area contributed by atoms with Crippen LogP contribution in [0.3, 0.4) is 0 Å². The van der Waals surface area contributed by atoms with Gasteiger partial charge in [0.1, 0.15) is 15.7 Å². The molecule has 0 aliphatic heterocycles. The van der Waals surface area contributed by atoms with E-state index in [1.54, 1.807) is 0 Å². The van der Waals surface area contributed by atoms with Crippen LogP contribution in [0, 0.1) is 5.82 Å². The summed E-state index contributed by atoms with van der Waals surface area (Å²) in [6.45, 7) is 0. The summed E-state index contributed by atoms with van der Waals surface area (Å²) in [7, 11) is 0. The second kappa shape index (κ2) is 5.02. The van der Waals surface area contributed by atoms with Gasteiger partial charge in [-0.15, -0.1) is 11.3 Å². The standard InChI is InChI=1S/C11H4ClF4NO2S/c12-4-2-1-3-5(13)6(4)9-17-8(11(14,15)16)7(20-9)10(18)19/h1-3H,(H,18,19). The highest BCUT2D eigenvalue weighted by molar-refractivity contribution is 7.17. The average Bonchev–Trinajstić information content (AvgIpc) is 2.73. The molecule has 9 heteroatoms. The summed E-state index contributed by atoms with van der Waals surface area (Å²) in [6, 6.07) is 3.54. The van der Waals surface area contributed by atoms with Gasteiger partial charge in [-0.3, -0.25) is 0 Å². The number of aromatic nitrogens is 1. The number of hydrogen-bond donors (Lipinski definition) is 1. The summed E-state index contributed by atoms with van der Waals surface area (Å²) in [6.07, 6.45) is -4.94. The first-order chi connectivity index (χ1) is 9.21. The molecule has 0 fully saturated rings. The Balaban J connectivity index is 2.69. The maximum absolute atomic E-state index is 13.6. The van der Waals surface area contributed by atoms with E-state index in [-0.39, 0.29) is 21.9 Å². The molecule has 2 rings (SSSR count). The molecule has 0 aliphatic carbocycles. The van der Waals surface area contributed by atoms with Crippen molar-refractivity contribution in [2.24, 2.45) is 0 Å². The van der Waals surface area contributed by atoms with Crippen molar-refractivity contribution in [2.75, 3.05) is 0 Å². The van der Waals surface area contributed by atoms with Gasteiger partial charge in [0.2, 0.25) is 0 Å². The van der Waals surface area contributed by atoms with Gasteiger partial charge in [-0.05, 0) is 12.1 Å². The second-order valence-corrected chi connectivity index (χ2v) is 5.00. The number of benzene rings is 1. The number of thiazole rings is 1. The van der Waals surface area contributed by atoms with E-state index in [1.807, 2.05) is 0 Å². The third kappa shape index (κ3) is 2.61. The molecule has 0 spiro atoms. The lowest BCUT2D eigenvalue weighted by Crippen LogP contribution is -2.11. The van der Waals surface area contributed by atoms with Gasteiger partial charge in [-0.2, -0.15) is 13.2 Å². The Morgan fingerprint density at radius 3 is 2.45 bits per heavy atom. The quantitative estimate of drug-likeness (QED) is 0.837. The van der Waals surface area contributed by atoms with Crippen LogP contribution < -0.4 is 0 Å². The summed E-state index contributed by atoms with van der Waals surface area (Å²) in [5.41, 5.74) is -1.92. The van der Waals surface area contributed by atoms with Crippen molar-refractivity contribution in [3.05, 3.63) is 39.6 Å². The normalized spacial score (nSPS) is 11.7. The third-order valence-corrected chi connectivity index (χ3v) is 3.64. The van der Waals surface area contributed by atoms with E-state index in [0.717, 1.165) is 6.07 Å². The minimum Gasteiger partial charge on any atom is -0.477 e. The Morgan fingerprint density at radius 1 is 1.35 bits per heavy atom. The summed E-state index contributed by atoms with van der Waals surface area (Å²) < 4.78 is 51.7. The topological polar surface area (TPSA) is 50.2 Å². The summed E-state index contributed by atoms with van der Waals surface area (Å²) in [4.78, 5) is 13.0. The predicted octanol–water partition coefficient (Wildman–Crippen LogP) is 4.32. The van der Waals surface area contributed by atoms with Crippen molar-refractivity contribution < 1.29 is 27.5 Å². The van der Waals surface area contributed by atoms with Crippen LogP contribution in [-0.4, -0.2) is 16.1 Å². The Morgan fingerprint density at radius 2 is 2.00 bits per heavy atom. The molecule has 0 aliphatic rings. The first-order valence-electron chi connectivity index (χ1n) is 4.97. The number of carboxylic acids is 1. The molecule has 106 valence electrons. The minimum absolute atomic E-state index is 0.149. The van der Waals surface area contributed by atoms with Crippen LogP contribution >= 0.6 is 22.9 Å². The van der Waals surface area contributed by atoms with Gasteiger partial charge in [0.25, 0.3) is 0 Å². The predicted molar refractivity (Wildman–Crippen MR) is 64.5 cm³/mol. The van der Waals surface area contributed by atoms with Crippen LogP contribution in [0.5, 0.6) is 0 Å². The molecule has 1 aromatic heterocycles. The highest BCUT2D eigenvalue weighted by Crippen LogP contribution is 2.40. The molecule has 0 bridgehead atoms. The minimum atomic E-state index is -4.94. The molecule has 0 saturated carbocycles. The fourth-order valence-electron chi connectivity index (χ4n) is 1.47. The van der Waals surface area contributed by atoms with Crippen molar-refractivity contribution in [2.45, 2.75) is 6.18 Å². The van der Waals surface area contributed by atoms with Gasteiger partial charge in [0, 0.05) is 0 Å². The van der Waals surface area contributed by atoms with E-state index < -0.39 is 33.5 Å². The lowest BCUT2D eigenvalue weighted by Gasteiger charge is -2.03. The number of alkyl halides is 3. The maximum atomic E-state index is 13.6. The molecule has 20 heavy (non-hydrogen) atoms. The molecule has 1 N–H and O–H groups in total. The number of halogens is 5. The van der Waals surface area contributed by atoms with Crippen LogP contribution in [0.15, 0.2) is 18.2 Å². The monoisotopic (exact) mass is 325 g/mol. The average molecular weight is 326 g/mol. The van der Waals surface area contributed by atoms with Crippen molar-refractivity contribution in [3.8, 4) is 10.6 Å². The molecule has 1 heterocycles. The van der Waals surface area contributed by atoms with Gasteiger partial charge in [-0.25, -0.2) is 14.2 Å². The van der Waals surface area contributed by atoms with Crippen LogP contribution in [-0.2, 0) is 6.18 Å². The smallest absolute Gasteiger partial charge is 0.435 e. The first kappa shape index (κ1) is 14.7. The number of carbonyl (C=O) groups is 1. The number of hydrogen-bond acceptors (Lipinski definition) is 3. The Bertz CT molecular complexity index is 663. The van der Waals surface area contributed by atoms with Crippen LogP contribution in [0.25, 0.3) is 10.6 Å². The zero-order chi connectivity index (χ0) is 15.1. The van der Waals surface area contributed by atoms with E-state index in [0.29, 0.717) is 0 Å². The van der Waals surface area contributed by atoms with E-state index in [4.69, 9.17) is 16.7 Å². The first-order valence-corrected chi connectivity index (χ1v) is 6.17. The molecular weight excluding hydrogens is 322 g/mol. The number of carboxylic acid groups (broad SMARTS) is 1. The molecule has 0 atom stereocenters. The highest BCUT2D eigenvalue weighted by Gasteiger charge is 2.40. The maximum Gasteiger partial charge on any atom is 0.435 e. The van der Waals surface area contributed by atoms with Crippen molar-refractivity contribution in [1.29, 1.82) is 0 Å². The van der Waals surface area contributed by atoms with Crippen LogP contribution in [0.4, 0.5) is 17.6 Å². The fraction of sp³-hybridized carbons (Fsp3) is 0.0909. The van der Waals surface area contributed by atoms with Crippen molar-refractivity contribution in [3.63, 3.8) is 0 Å². The lowest BCUT2D eigenvalue weighted by molar-refractivity contribution is -0.141. The van der Waals surface area contributed by atoms with Crippen molar-refractivity contribution >= 4 is 28.9 Å². The highest BCUT2D eigenvalue weighted by atomic mass is 35.5. The van der Waals surface area contributed by atoms with E-state index >= 15 is 0 Å². The Hall–Kier alpha value is -1.67. The molecule has 0 radical (unpaired) electrons. The fourth-order valence-corrected chi connectivity index (χ4v) is 2.76. The van der Waals surface area contributed by atoms with Crippen LogP contribution in [0.2, 0.25) is 5.02 Å². The molecule has 0 amide bonds. The zero-order valence-electron chi connectivity index (χ0n) is 9.33. The van der Waals surface area contributed by atoms with Crippen molar-refractivity contribution in [1.82, 2.24) is 4.98 Å². The molecule has 0 unspecified atom stereocenters. The number of rotatable bonds is 2. The molecule has 0 saturated heterocycles. The van der Waals surface area contributed by atoms with Crippen LogP contribution in [0.1, 0.15) is 15.4 Å². The van der Waals surface area contributed by atoms with Gasteiger partial charge in [-0.1, -0.05) is 17.7 Å². The summed E-state index contributed by atoms with van der Waals surface area (Å²) >= 11 is 5.94.